The van der Waals surface area contributed by atoms with Gasteiger partial charge in [0.1, 0.15) is 0 Å². The number of nitrogens with zero attached hydrogens (tertiary/aromatic N) is 2. The van der Waals surface area contributed by atoms with Gasteiger partial charge in [0.2, 0.25) is 5.91 Å². The van der Waals surface area contributed by atoms with E-state index in [1.54, 1.807) is 23.1 Å². The molecule has 0 radical (unpaired) electrons. The Morgan fingerprint density at radius 1 is 1.36 bits per heavy atom. The largest absolute Gasteiger partial charge is 0.356 e. The number of hydrogen-bond acceptors (Lipinski definition) is 5. The van der Waals surface area contributed by atoms with Gasteiger partial charge in [0.05, 0.1) is 23.6 Å². The molecule has 1 saturated heterocycles. The van der Waals surface area contributed by atoms with Gasteiger partial charge < -0.3 is 9.42 Å². The van der Waals surface area contributed by atoms with Crippen molar-refractivity contribution < 1.29 is 17.7 Å². The van der Waals surface area contributed by atoms with Crippen LogP contribution in [0, 0.1) is 0 Å². The van der Waals surface area contributed by atoms with Crippen LogP contribution in [0.5, 0.6) is 0 Å². The lowest BCUT2D eigenvalue weighted by Gasteiger charge is -2.26. The van der Waals surface area contributed by atoms with Gasteiger partial charge in [-0.25, -0.2) is 8.42 Å². The average molecular weight is 383 g/mol. The van der Waals surface area contributed by atoms with Crippen LogP contribution >= 0.6 is 11.6 Å². The van der Waals surface area contributed by atoms with E-state index in [1.165, 1.54) is 0 Å². The topological polar surface area (TPSA) is 80.5 Å². The number of carbonyl (C=O) groups is 1. The molecule has 3 rings (SSSR count). The highest BCUT2D eigenvalue weighted by Crippen LogP contribution is 2.23. The van der Waals surface area contributed by atoms with Crippen LogP contribution in [0.4, 0.5) is 0 Å². The summed E-state index contributed by atoms with van der Waals surface area (Å²) in [7, 11) is -3.03. The minimum atomic E-state index is -3.03. The number of carbonyl (C=O) groups excluding carboxylic acids is 1. The van der Waals surface area contributed by atoms with E-state index >= 15 is 0 Å². The third-order valence-electron chi connectivity index (χ3n) is 4.33. The molecule has 0 saturated carbocycles. The number of amides is 1. The Hall–Kier alpha value is -1.86. The average Bonchev–Trinajstić information content (AvgIpc) is 3.15. The summed E-state index contributed by atoms with van der Waals surface area (Å²) >= 11 is 5.87. The molecule has 0 N–H and O–H groups in total. The maximum absolute atomic E-state index is 12.6. The molecular formula is C17H19ClN2O4S. The first-order valence-corrected chi connectivity index (χ1v) is 10.3. The van der Waals surface area contributed by atoms with Gasteiger partial charge in [-0.15, -0.1) is 0 Å². The molecule has 8 heteroatoms. The molecule has 1 aromatic heterocycles. The summed E-state index contributed by atoms with van der Waals surface area (Å²) in [4.78, 5) is 14.2. The van der Waals surface area contributed by atoms with Gasteiger partial charge in [0.25, 0.3) is 0 Å². The van der Waals surface area contributed by atoms with E-state index in [1.807, 2.05) is 19.1 Å². The van der Waals surface area contributed by atoms with E-state index in [0.717, 1.165) is 5.56 Å². The summed E-state index contributed by atoms with van der Waals surface area (Å²) in [5, 5.41) is 4.58. The predicted molar refractivity (Wildman–Crippen MR) is 95.1 cm³/mol. The van der Waals surface area contributed by atoms with Gasteiger partial charge in [-0.1, -0.05) is 16.8 Å². The maximum Gasteiger partial charge on any atom is 0.228 e. The van der Waals surface area contributed by atoms with Crippen molar-refractivity contribution in [2.45, 2.75) is 25.8 Å². The van der Waals surface area contributed by atoms with Crippen molar-refractivity contribution in [2.24, 2.45) is 0 Å². The van der Waals surface area contributed by atoms with Gasteiger partial charge in [-0.3, -0.25) is 4.79 Å². The van der Waals surface area contributed by atoms with Crippen LogP contribution in [0.2, 0.25) is 5.02 Å². The van der Waals surface area contributed by atoms with Crippen molar-refractivity contribution in [3.05, 3.63) is 41.0 Å². The van der Waals surface area contributed by atoms with E-state index in [0.29, 0.717) is 29.4 Å². The molecule has 6 nitrogen and oxygen atoms in total. The Kier molecular flexibility index (Phi) is 5.15. The van der Waals surface area contributed by atoms with Gasteiger partial charge >= 0.3 is 0 Å². The fourth-order valence-corrected chi connectivity index (χ4v) is 4.92. The van der Waals surface area contributed by atoms with Gasteiger partial charge in [0, 0.05) is 29.2 Å². The molecular weight excluding hydrogens is 364 g/mol. The summed E-state index contributed by atoms with van der Waals surface area (Å²) in [5.41, 5.74) is 1.35. The first-order valence-electron chi connectivity index (χ1n) is 8.09. The molecule has 1 aliphatic heterocycles. The second kappa shape index (κ2) is 7.17. The van der Waals surface area contributed by atoms with Crippen molar-refractivity contribution in [1.29, 1.82) is 0 Å². The number of rotatable bonds is 5. The van der Waals surface area contributed by atoms with Gasteiger partial charge in [-0.05, 0) is 37.6 Å². The second-order valence-corrected chi connectivity index (χ2v) is 8.77. The summed E-state index contributed by atoms with van der Waals surface area (Å²) in [6.07, 6.45) is 0.582. The number of aromatic nitrogens is 1. The van der Waals surface area contributed by atoms with Crippen LogP contribution in [0.3, 0.4) is 0 Å². The molecule has 2 heterocycles. The lowest BCUT2D eigenvalue weighted by Crippen LogP contribution is -2.41. The van der Waals surface area contributed by atoms with Gasteiger partial charge in [-0.2, -0.15) is 0 Å². The summed E-state index contributed by atoms with van der Waals surface area (Å²) in [6.45, 7) is 2.33. The molecule has 134 valence electrons. The minimum absolute atomic E-state index is 0.0431. The fraction of sp³-hybridized carbons (Fsp3) is 0.412. The molecule has 0 bridgehead atoms. The molecule has 0 spiro atoms. The van der Waals surface area contributed by atoms with Crippen molar-refractivity contribution in [3.63, 3.8) is 0 Å². The highest BCUT2D eigenvalue weighted by atomic mass is 35.5. The number of hydrogen-bond donors (Lipinski definition) is 0. The first kappa shape index (κ1) is 17.9. The lowest BCUT2D eigenvalue weighted by molar-refractivity contribution is -0.132. The number of halogens is 1. The molecule has 1 unspecified atom stereocenters. The number of benzene rings is 1. The molecule has 0 aliphatic carbocycles. The Labute approximate surface area is 151 Å². The minimum Gasteiger partial charge on any atom is -0.356 e. The quantitative estimate of drug-likeness (QED) is 0.793. The molecule has 1 atom stereocenters. The van der Waals surface area contributed by atoms with Crippen molar-refractivity contribution in [3.8, 4) is 11.3 Å². The predicted octanol–water partition coefficient (Wildman–Crippen LogP) is 2.57. The third-order valence-corrected chi connectivity index (χ3v) is 6.33. The van der Waals surface area contributed by atoms with Crippen LogP contribution in [-0.2, 0) is 21.1 Å². The summed E-state index contributed by atoms with van der Waals surface area (Å²) in [6, 6.07) is 8.62. The second-order valence-electron chi connectivity index (χ2n) is 6.10. The zero-order valence-corrected chi connectivity index (χ0v) is 15.4. The third kappa shape index (κ3) is 4.22. The molecule has 1 aliphatic rings. The lowest BCUT2D eigenvalue weighted by atomic mass is 10.1. The van der Waals surface area contributed by atoms with Gasteiger partial charge in [0.15, 0.2) is 15.6 Å². The maximum atomic E-state index is 12.6. The van der Waals surface area contributed by atoms with E-state index < -0.39 is 9.84 Å². The molecule has 1 amide bonds. The zero-order valence-electron chi connectivity index (χ0n) is 13.8. The van der Waals surface area contributed by atoms with Crippen LogP contribution in [0.25, 0.3) is 11.3 Å². The molecule has 1 aromatic carbocycles. The SMILES string of the molecule is CCN(C(=O)Cc1cc(-c2ccc(Cl)cc2)on1)C1CCS(=O)(=O)C1. The number of sulfone groups is 1. The van der Waals surface area contributed by atoms with E-state index in [2.05, 4.69) is 5.16 Å². The monoisotopic (exact) mass is 382 g/mol. The summed E-state index contributed by atoms with van der Waals surface area (Å²) in [5.74, 6) is 0.611. The molecule has 2 aromatic rings. The number of likely N-dealkylation sites (N-methyl/N-ethyl adjacent to an activating group) is 1. The fourth-order valence-electron chi connectivity index (χ4n) is 3.06. The molecule has 1 fully saturated rings. The Bertz CT molecular complexity index is 861. The Balaban J connectivity index is 1.69. The van der Waals surface area contributed by atoms with Crippen LogP contribution < -0.4 is 0 Å². The van der Waals surface area contributed by atoms with Crippen LogP contribution in [-0.4, -0.2) is 48.5 Å². The Morgan fingerprint density at radius 2 is 2.08 bits per heavy atom. The summed E-state index contributed by atoms with van der Waals surface area (Å²) < 4.78 is 28.6. The highest BCUT2D eigenvalue weighted by molar-refractivity contribution is 7.91. The van der Waals surface area contributed by atoms with Crippen LogP contribution in [0.15, 0.2) is 34.9 Å². The van der Waals surface area contributed by atoms with Crippen LogP contribution in [0.1, 0.15) is 19.0 Å². The smallest absolute Gasteiger partial charge is 0.228 e. The van der Waals surface area contributed by atoms with E-state index in [-0.39, 0.29) is 29.9 Å². The molecule has 25 heavy (non-hydrogen) atoms. The Morgan fingerprint density at radius 3 is 2.68 bits per heavy atom. The van der Waals surface area contributed by atoms with Crippen molar-refractivity contribution in [2.75, 3.05) is 18.1 Å². The zero-order chi connectivity index (χ0) is 18.0. The highest BCUT2D eigenvalue weighted by Gasteiger charge is 2.34. The van der Waals surface area contributed by atoms with Crippen molar-refractivity contribution in [1.82, 2.24) is 10.1 Å². The normalized spacial score (nSPS) is 19.0. The van der Waals surface area contributed by atoms with Crippen molar-refractivity contribution >= 4 is 27.3 Å². The first-order chi connectivity index (χ1) is 11.9. The van der Waals surface area contributed by atoms with E-state index in [4.69, 9.17) is 16.1 Å². The van der Waals surface area contributed by atoms with E-state index in [9.17, 15) is 13.2 Å². The standard InChI is InChI=1S/C17H19ClN2O4S/c1-2-20(15-7-8-25(22,23)11-15)17(21)10-14-9-16(24-19-14)12-3-5-13(18)6-4-12/h3-6,9,15H,2,7-8,10-11H2,1H3.